The molecule has 0 bridgehead atoms. The molecule has 0 fully saturated rings. The predicted octanol–water partition coefficient (Wildman–Crippen LogP) is 4.61. The summed E-state index contributed by atoms with van der Waals surface area (Å²) >= 11 is 5.87. The Morgan fingerprint density at radius 1 is 0.914 bits per heavy atom. The molecule has 0 saturated heterocycles. The number of carbonyl (C=O) groups excluding carboxylic acids is 2. The number of anilines is 2. The Labute approximate surface area is 205 Å². The molecule has 0 unspecified atom stereocenters. The van der Waals surface area contributed by atoms with Crippen molar-refractivity contribution in [3.63, 3.8) is 0 Å². The van der Waals surface area contributed by atoms with Gasteiger partial charge in [0.1, 0.15) is 11.9 Å². The number of benzene rings is 2. The van der Waals surface area contributed by atoms with Crippen molar-refractivity contribution in [2.24, 2.45) is 0 Å². The fraction of sp³-hybridized carbons (Fsp3) is 0.0769. The van der Waals surface area contributed by atoms with Crippen LogP contribution < -0.4 is 16.2 Å². The average Bonchev–Trinajstić information content (AvgIpc) is 3.26. The molecule has 9 heteroatoms. The van der Waals surface area contributed by atoms with Gasteiger partial charge in [-0.2, -0.15) is 0 Å². The summed E-state index contributed by atoms with van der Waals surface area (Å²) in [7, 11) is 0. The number of carbonyl (C=O) groups is 2. The largest absolute Gasteiger partial charge is 0.324 e. The Morgan fingerprint density at radius 3 is 2.43 bits per heavy atom. The van der Waals surface area contributed by atoms with E-state index in [1.807, 2.05) is 24.3 Å². The lowest BCUT2D eigenvalue weighted by atomic mass is 10.0. The number of nitrogens with zero attached hydrogens (tertiary/aromatic N) is 3. The lowest BCUT2D eigenvalue weighted by Gasteiger charge is -2.24. The van der Waals surface area contributed by atoms with Crippen LogP contribution in [0.4, 0.5) is 16.3 Å². The molecule has 1 atom stereocenters. The van der Waals surface area contributed by atoms with Gasteiger partial charge in [0.25, 0.3) is 11.5 Å². The molecule has 2 N–H and O–H groups in total. The van der Waals surface area contributed by atoms with Crippen molar-refractivity contribution in [3.05, 3.63) is 118 Å². The molecule has 0 aliphatic carbocycles. The topological polar surface area (TPSA) is 96.3 Å². The van der Waals surface area contributed by atoms with E-state index in [9.17, 15) is 14.4 Å². The summed E-state index contributed by atoms with van der Waals surface area (Å²) in [5, 5.41) is 6.08. The monoisotopic (exact) mass is 485 g/mol. The molecular weight excluding hydrogens is 466 g/mol. The second-order valence-electron chi connectivity index (χ2n) is 7.97. The fourth-order valence-electron chi connectivity index (χ4n) is 4.05. The van der Waals surface area contributed by atoms with Crippen molar-refractivity contribution in [2.75, 3.05) is 10.6 Å². The first-order chi connectivity index (χ1) is 17.0. The van der Waals surface area contributed by atoms with Gasteiger partial charge in [0, 0.05) is 36.4 Å². The van der Waals surface area contributed by atoms with Gasteiger partial charge in [-0.15, -0.1) is 0 Å². The molecular formula is C26H20ClN5O3. The van der Waals surface area contributed by atoms with Crippen molar-refractivity contribution in [1.29, 1.82) is 0 Å². The maximum Gasteiger partial charge on any atom is 0.324 e. The molecule has 2 aromatic carbocycles. The number of fused-ring (bicyclic) bond motifs is 1. The van der Waals surface area contributed by atoms with Gasteiger partial charge < -0.3 is 10.2 Å². The van der Waals surface area contributed by atoms with Crippen LogP contribution in [0, 0.1) is 0 Å². The van der Waals surface area contributed by atoms with Gasteiger partial charge >= 0.3 is 6.03 Å². The van der Waals surface area contributed by atoms with Crippen LogP contribution in [-0.4, -0.2) is 26.4 Å². The summed E-state index contributed by atoms with van der Waals surface area (Å²) in [6, 6.07) is 21.3. The first kappa shape index (κ1) is 22.4. The molecule has 35 heavy (non-hydrogen) atoms. The first-order valence-electron chi connectivity index (χ1n) is 10.9. The van der Waals surface area contributed by atoms with Gasteiger partial charge in [-0.25, -0.2) is 9.78 Å². The molecule has 3 amide bonds. The molecule has 4 aromatic rings. The zero-order valence-electron chi connectivity index (χ0n) is 18.4. The van der Waals surface area contributed by atoms with Gasteiger partial charge in [-0.1, -0.05) is 41.9 Å². The summed E-state index contributed by atoms with van der Waals surface area (Å²) in [6.07, 6.45) is 3.12. The van der Waals surface area contributed by atoms with Gasteiger partial charge in [0.2, 0.25) is 0 Å². The van der Waals surface area contributed by atoms with Crippen LogP contribution in [-0.2, 0) is 11.3 Å². The molecule has 1 aliphatic heterocycles. The third kappa shape index (κ3) is 4.64. The third-order valence-electron chi connectivity index (χ3n) is 5.71. The zero-order chi connectivity index (χ0) is 24.4. The number of hydrogen-bond acceptors (Lipinski definition) is 4. The molecule has 0 radical (unpaired) electrons. The van der Waals surface area contributed by atoms with E-state index in [-0.39, 0.29) is 18.0 Å². The Bertz CT molecular complexity index is 1450. The van der Waals surface area contributed by atoms with Crippen LogP contribution in [0.1, 0.15) is 17.2 Å². The quantitative estimate of drug-likeness (QED) is 0.441. The SMILES string of the molecule is O=C(Nc1ccc(-n2ccccc2=O)cc1)[C@@H]1c2ccccc2CN1C(=O)Nc1ccc(Cl)cn1. The predicted molar refractivity (Wildman–Crippen MR) is 134 cm³/mol. The van der Waals surface area contributed by atoms with Gasteiger partial charge in [0.05, 0.1) is 5.02 Å². The summed E-state index contributed by atoms with van der Waals surface area (Å²) in [4.78, 5) is 44.1. The summed E-state index contributed by atoms with van der Waals surface area (Å²) in [5.74, 6) is -0.0138. The number of amides is 3. The van der Waals surface area contributed by atoms with E-state index in [1.54, 1.807) is 54.7 Å². The van der Waals surface area contributed by atoms with Crippen LogP contribution in [0.25, 0.3) is 5.69 Å². The number of nitrogens with one attached hydrogen (secondary N) is 2. The highest BCUT2D eigenvalue weighted by molar-refractivity contribution is 6.30. The van der Waals surface area contributed by atoms with Crippen LogP contribution in [0.5, 0.6) is 0 Å². The molecule has 3 heterocycles. The van der Waals surface area contributed by atoms with Gasteiger partial charge in [0.15, 0.2) is 0 Å². The van der Waals surface area contributed by atoms with Crippen LogP contribution >= 0.6 is 11.6 Å². The van der Waals surface area contributed by atoms with Crippen LogP contribution in [0.15, 0.2) is 96.1 Å². The van der Waals surface area contributed by atoms with Crippen molar-refractivity contribution < 1.29 is 9.59 Å². The van der Waals surface area contributed by atoms with E-state index in [1.165, 1.54) is 21.7 Å². The van der Waals surface area contributed by atoms with Crippen LogP contribution in [0.2, 0.25) is 5.02 Å². The Balaban J connectivity index is 1.37. The minimum Gasteiger partial charge on any atom is -0.324 e. The van der Waals surface area contributed by atoms with Crippen molar-refractivity contribution >= 4 is 35.0 Å². The van der Waals surface area contributed by atoms with Crippen molar-refractivity contribution in [2.45, 2.75) is 12.6 Å². The number of halogens is 1. The number of urea groups is 1. The normalized spacial score (nSPS) is 14.3. The Kier molecular flexibility index (Phi) is 6.03. The lowest BCUT2D eigenvalue weighted by Crippen LogP contribution is -2.39. The number of rotatable bonds is 4. The number of hydrogen-bond donors (Lipinski definition) is 2. The molecule has 174 valence electrons. The maximum absolute atomic E-state index is 13.4. The Morgan fingerprint density at radius 2 is 1.69 bits per heavy atom. The third-order valence-corrected chi connectivity index (χ3v) is 5.93. The summed E-state index contributed by atoms with van der Waals surface area (Å²) in [5.41, 5.74) is 2.73. The van der Waals surface area contributed by atoms with Gasteiger partial charge in [-0.3, -0.25) is 19.5 Å². The smallest absolute Gasteiger partial charge is 0.324 e. The molecule has 8 nitrogen and oxygen atoms in total. The summed E-state index contributed by atoms with van der Waals surface area (Å²) in [6.45, 7) is 0.281. The first-order valence-corrected chi connectivity index (χ1v) is 11.2. The fourth-order valence-corrected chi connectivity index (χ4v) is 4.16. The average molecular weight is 486 g/mol. The lowest BCUT2D eigenvalue weighted by molar-refractivity contribution is -0.120. The Hall–Kier alpha value is -4.43. The van der Waals surface area contributed by atoms with Crippen molar-refractivity contribution in [1.82, 2.24) is 14.5 Å². The van der Waals surface area contributed by atoms with E-state index in [0.29, 0.717) is 22.2 Å². The number of pyridine rings is 2. The minimum atomic E-state index is -0.824. The standard InChI is InChI=1S/C26H20ClN5O3/c27-18-8-13-22(28-15-18)30-26(35)32-16-17-5-1-2-6-21(17)24(32)25(34)29-19-9-11-20(12-10-19)31-14-4-3-7-23(31)33/h1-15,24H,16H2,(H,29,34)(H,28,30,35)/t24-/m0/s1. The second-order valence-corrected chi connectivity index (χ2v) is 8.40. The maximum atomic E-state index is 13.4. The van der Waals surface area contributed by atoms with E-state index in [4.69, 9.17) is 11.6 Å². The van der Waals surface area contributed by atoms with E-state index in [0.717, 1.165) is 11.1 Å². The molecule has 0 saturated carbocycles. The van der Waals surface area contributed by atoms with E-state index < -0.39 is 12.1 Å². The van der Waals surface area contributed by atoms with Crippen LogP contribution in [0.3, 0.4) is 0 Å². The van der Waals surface area contributed by atoms with Crippen molar-refractivity contribution in [3.8, 4) is 5.69 Å². The number of aromatic nitrogens is 2. The highest BCUT2D eigenvalue weighted by atomic mass is 35.5. The second kappa shape index (κ2) is 9.44. The highest BCUT2D eigenvalue weighted by Crippen LogP contribution is 2.35. The molecule has 2 aromatic heterocycles. The molecule has 1 aliphatic rings. The van der Waals surface area contributed by atoms with E-state index in [2.05, 4.69) is 15.6 Å². The van der Waals surface area contributed by atoms with E-state index >= 15 is 0 Å². The highest BCUT2D eigenvalue weighted by Gasteiger charge is 2.38. The minimum absolute atomic E-state index is 0.149. The summed E-state index contributed by atoms with van der Waals surface area (Å²) < 4.78 is 1.51. The van der Waals surface area contributed by atoms with Gasteiger partial charge in [-0.05, 0) is 53.6 Å². The molecule has 0 spiro atoms. The zero-order valence-corrected chi connectivity index (χ0v) is 19.1. The molecule has 5 rings (SSSR count).